The van der Waals surface area contributed by atoms with Gasteiger partial charge in [0.1, 0.15) is 5.75 Å². The molecule has 3 unspecified atom stereocenters. The zero-order chi connectivity index (χ0) is 26.3. The van der Waals surface area contributed by atoms with E-state index in [0.717, 1.165) is 30.9 Å². The Morgan fingerprint density at radius 2 is 1.67 bits per heavy atom. The number of amides is 1. The van der Waals surface area contributed by atoms with Gasteiger partial charge in [-0.1, -0.05) is 60.7 Å². The fraction of sp³-hybridized carbons (Fsp3) is 0.182. The highest BCUT2D eigenvalue weighted by molar-refractivity contribution is 5.99. The number of phenolic OH excluding ortho intramolecular Hbond substituents is 1. The third-order valence-corrected chi connectivity index (χ3v) is 8.08. The van der Waals surface area contributed by atoms with Crippen LogP contribution in [0.25, 0.3) is 10.9 Å². The lowest BCUT2D eigenvalue weighted by atomic mass is 9.84. The van der Waals surface area contributed by atoms with Gasteiger partial charge in [0.15, 0.2) is 0 Å². The van der Waals surface area contributed by atoms with Gasteiger partial charge in [0.25, 0.3) is 5.91 Å². The number of aromatic nitrogens is 1. The summed E-state index contributed by atoms with van der Waals surface area (Å²) in [5.41, 5.74) is 7.52. The van der Waals surface area contributed by atoms with Crippen molar-refractivity contribution in [2.75, 3.05) is 11.9 Å². The van der Waals surface area contributed by atoms with Crippen LogP contribution in [-0.2, 0) is 13.1 Å². The third-order valence-electron chi connectivity index (χ3n) is 8.08. The first-order valence-corrected chi connectivity index (χ1v) is 13.5. The molecule has 3 heterocycles. The predicted octanol–water partition coefficient (Wildman–Crippen LogP) is 5.55. The fourth-order valence-electron chi connectivity index (χ4n) is 6.24. The zero-order valence-electron chi connectivity index (χ0n) is 21.5. The summed E-state index contributed by atoms with van der Waals surface area (Å²) in [4.78, 5) is 12.8. The van der Waals surface area contributed by atoms with Crippen molar-refractivity contribution < 1.29 is 9.90 Å². The van der Waals surface area contributed by atoms with Crippen LogP contribution in [0, 0.1) is 0 Å². The number of hydrogen-bond acceptors (Lipinski definition) is 4. The van der Waals surface area contributed by atoms with E-state index in [-0.39, 0.29) is 29.7 Å². The molecule has 0 bridgehead atoms. The molecule has 7 rings (SSSR count). The van der Waals surface area contributed by atoms with Crippen LogP contribution in [0.5, 0.6) is 5.75 Å². The van der Waals surface area contributed by atoms with Crippen molar-refractivity contribution in [3.05, 3.63) is 131 Å². The summed E-state index contributed by atoms with van der Waals surface area (Å²) in [6.07, 6.45) is 2.16. The van der Waals surface area contributed by atoms with E-state index in [9.17, 15) is 9.90 Å². The third kappa shape index (κ3) is 4.33. The van der Waals surface area contributed by atoms with Gasteiger partial charge in [-0.3, -0.25) is 4.79 Å². The van der Waals surface area contributed by atoms with E-state index in [2.05, 4.69) is 87.4 Å². The van der Waals surface area contributed by atoms with Crippen LogP contribution in [0.2, 0.25) is 0 Å². The molecule has 0 saturated carbocycles. The molecule has 4 aromatic carbocycles. The number of phenols is 1. The Kier molecular flexibility index (Phi) is 5.82. The lowest BCUT2D eigenvalue weighted by Crippen LogP contribution is -2.38. The van der Waals surface area contributed by atoms with Gasteiger partial charge in [0.2, 0.25) is 0 Å². The number of carbonyl (C=O) groups is 1. The predicted molar refractivity (Wildman–Crippen MR) is 154 cm³/mol. The quantitative estimate of drug-likeness (QED) is 0.230. The van der Waals surface area contributed by atoms with Gasteiger partial charge in [-0.15, -0.1) is 0 Å². The molecule has 1 aromatic heterocycles. The summed E-state index contributed by atoms with van der Waals surface area (Å²) in [5.74, 6) is 0.126. The summed E-state index contributed by atoms with van der Waals surface area (Å²) in [6.45, 7) is 2.31. The molecule has 0 spiro atoms. The number of fused-ring (bicyclic) bond motifs is 3. The second-order valence-corrected chi connectivity index (χ2v) is 10.5. The lowest BCUT2D eigenvalue weighted by molar-refractivity contribution is 0.0951. The maximum atomic E-state index is 12.8. The number of rotatable bonds is 7. The highest BCUT2D eigenvalue weighted by Crippen LogP contribution is 2.46. The monoisotopic (exact) mass is 514 g/mol. The van der Waals surface area contributed by atoms with E-state index in [1.807, 2.05) is 18.2 Å². The van der Waals surface area contributed by atoms with E-state index in [1.54, 1.807) is 18.2 Å². The van der Waals surface area contributed by atoms with Crippen molar-refractivity contribution in [3.8, 4) is 5.75 Å². The molecular weight excluding hydrogens is 484 g/mol. The van der Waals surface area contributed by atoms with Crippen LogP contribution in [0.3, 0.4) is 0 Å². The van der Waals surface area contributed by atoms with E-state index in [1.165, 1.54) is 27.6 Å². The molecule has 1 amide bonds. The molecule has 2 aliphatic heterocycles. The number of benzene rings is 4. The first-order chi connectivity index (χ1) is 19.1. The van der Waals surface area contributed by atoms with Crippen molar-refractivity contribution in [1.29, 1.82) is 0 Å². The Labute approximate surface area is 227 Å². The van der Waals surface area contributed by atoms with Crippen LogP contribution < -0.4 is 16.0 Å². The molecule has 5 aromatic rings. The smallest absolute Gasteiger partial charge is 0.252 e. The maximum Gasteiger partial charge on any atom is 0.252 e. The number of carbonyl (C=O) groups excluding carboxylic acids is 1. The van der Waals surface area contributed by atoms with Gasteiger partial charge >= 0.3 is 0 Å². The Morgan fingerprint density at radius 1 is 0.821 bits per heavy atom. The summed E-state index contributed by atoms with van der Waals surface area (Å²) in [6, 6.07) is 32.5. The molecule has 194 valence electrons. The standard InChI is InChI=1S/C33H30N4O2/c38-24-12-13-25-27(17-24)32(36-33(25)39)31-26-8-4-5-9-28(26)35-29(31)19-34-18-22-10-11-23-14-15-37(30(23)16-22)20-21-6-2-1-3-7-21/h1-17,29,31-32,34-35,38H,18-20H2,(H,36,39). The van der Waals surface area contributed by atoms with Gasteiger partial charge in [0.05, 0.1) is 6.04 Å². The Morgan fingerprint density at radius 3 is 2.56 bits per heavy atom. The average Bonchev–Trinajstić information content (AvgIpc) is 3.62. The molecule has 0 radical (unpaired) electrons. The largest absolute Gasteiger partial charge is 0.508 e. The zero-order valence-corrected chi connectivity index (χ0v) is 21.5. The molecule has 3 atom stereocenters. The van der Waals surface area contributed by atoms with Crippen LogP contribution in [0.15, 0.2) is 103 Å². The van der Waals surface area contributed by atoms with Crippen LogP contribution in [0.1, 0.15) is 44.6 Å². The maximum absolute atomic E-state index is 12.8. The first-order valence-electron chi connectivity index (χ1n) is 13.5. The van der Waals surface area contributed by atoms with E-state index >= 15 is 0 Å². The second-order valence-electron chi connectivity index (χ2n) is 10.5. The minimum absolute atomic E-state index is 0.0336. The highest BCUT2D eigenvalue weighted by Gasteiger charge is 2.43. The Hall–Kier alpha value is -4.55. The first kappa shape index (κ1) is 23.6. The number of para-hydroxylation sites is 1. The SMILES string of the molecule is O=C1NC(C2c3ccccc3NC2CNCc2ccc3ccn(Cc4ccccc4)c3c2)c2cc(O)ccc21. The number of aromatic hydroxyl groups is 1. The summed E-state index contributed by atoms with van der Waals surface area (Å²) < 4.78 is 2.30. The summed E-state index contributed by atoms with van der Waals surface area (Å²) in [7, 11) is 0. The number of hydrogen-bond donors (Lipinski definition) is 4. The number of anilines is 1. The summed E-state index contributed by atoms with van der Waals surface area (Å²) >= 11 is 0. The highest BCUT2D eigenvalue weighted by atomic mass is 16.3. The van der Waals surface area contributed by atoms with Crippen molar-refractivity contribution >= 4 is 22.5 Å². The summed E-state index contributed by atoms with van der Waals surface area (Å²) in [5, 5.41) is 22.0. The normalized spacial score (nSPS) is 19.5. The number of nitrogens with zero attached hydrogens (tertiary/aromatic N) is 1. The van der Waals surface area contributed by atoms with E-state index < -0.39 is 0 Å². The van der Waals surface area contributed by atoms with Crippen molar-refractivity contribution in [1.82, 2.24) is 15.2 Å². The minimum Gasteiger partial charge on any atom is -0.508 e. The molecule has 4 N–H and O–H groups in total. The van der Waals surface area contributed by atoms with Gasteiger partial charge in [0, 0.05) is 54.6 Å². The van der Waals surface area contributed by atoms with Gasteiger partial charge in [-0.05, 0) is 64.0 Å². The van der Waals surface area contributed by atoms with Crippen LogP contribution in [-0.4, -0.2) is 28.2 Å². The van der Waals surface area contributed by atoms with Crippen LogP contribution >= 0.6 is 0 Å². The number of nitrogens with one attached hydrogen (secondary N) is 3. The van der Waals surface area contributed by atoms with Crippen LogP contribution in [0.4, 0.5) is 5.69 Å². The van der Waals surface area contributed by atoms with Crippen molar-refractivity contribution in [2.45, 2.75) is 31.1 Å². The second kappa shape index (κ2) is 9.64. The molecule has 6 heteroatoms. The van der Waals surface area contributed by atoms with Crippen molar-refractivity contribution in [3.63, 3.8) is 0 Å². The minimum atomic E-state index is -0.208. The molecule has 0 saturated heterocycles. The van der Waals surface area contributed by atoms with Gasteiger partial charge in [-0.2, -0.15) is 0 Å². The topological polar surface area (TPSA) is 78.3 Å². The van der Waals surface area contributed by atoms with E-state index in [0.29, 0.717) is 5.56 Å². The molecule has 2 aliphatic rings. The van der Waals surface area contributed by atoms with E-state index in [4.69, 9.17) is 0 Å². The lowest BCUT2D eigenvalue weighted by Gasteiger charge is -2.27. The molecule has 6 nitrogen and oxygen atoms in total. The molecule has 0 fully saturated rings. The fourth-order valence-corrected chi connectivity index (χ4v) is 6.24. The van der Waals surface area contributed by atoms with Gasteiger partial charge in [-0.25, -0.2) is 0 Å². The Bertz CT molecular complexity index is 1680. The van der Waals surface area contributed by atoms with Gasteiger partial charge < -0.3 is 25.6 Å². The molecule has 39 heavy (non-hydrogen) atoms. The molecular formula is C33H30N4O2. The van der Waals surface area contributed by atoms with Crippen molar-refractivity contribution in [2.24, 2.45) is 0 Å². The Balaban J connectivity index is 1.10. The molecule has 0 aliphatic carbocycles. The average molecular weight is 515 g/mol.